The molecule has 1 fully saturated rings. The van der Waals surface area contributed by atoms with Gasteiger partial charge in [0.2, 0.25) is 0 Å². The number of hydrogen-bond donors (Lipinski definition) is 0. The Hall–Kier alpha value is -1.57. The number of benzene rings is 1. The van der Waals surface area contributed by atoms with Gasteiger partial charge in [-0.1, -0.05) is 12.5 Å². The summed E-state index contributed by atoms with van der Waals surface area (Å²) in [6.45, 7) is 0. The molecule has 2 atom stereocenters. The third-order valence-corrected chi connectivity index (χ3v) is 6.80. The summed E-state index contributed by atoms with van der Waals surface area (Å²) in [7, 11) is -3.22. The van der Waals surface area contributed by atoms with Crippen LogP contribution in [0.15, 0.2) is 24.3 Å². The molecule has 0 saturated carbocycles. The van der Waals surface area contributed by atoms with E-state index in [1.165, 1.54) is 12.1 Å². The zero-order valence-corrected chi connectivity index (χ0v) is 12.8. The lowest BCUT2D eigenvalue weighted by Gasteiger charge is -2.33. The minimum atomic E-state index is -4.89. The van der Waals surface area contributed by atoms with Gasteiger partial charge in [0.1, 0.15) is 11.6 Å². The van der Waals surface area contributed by atoms with Crippen LogP contribution in [0.1, 0.15) is 31.2 Å². The molecule has 0 amide bonds. The van der Waals surface area contributed by atoms with Gasteiger partial charge in [0.25, 0.3) is 0 Å². The smallest absolute Gasteiger partial charge is 0.406 e. The Morgan fingerprint density at radius 2 is 1.91 bits per heavy atom. The number of allylic oxidation sites excluding steroid dienone is 1. The molecule has 1 saturated heterocycles. The van der Waals surface area contributed by atoms with Crippen LogP contribution in [0.25, 0.3) is 5.57 Å². The van der Waals surface area contributed by atoms with E-state index in [2.05, 4.69) is 4.74 Å². The maximum Gasteiger partial charge on any atom is 0.573 e. The Morgan fingerprint density at radius 1 is 1.17 bits per heavy atom. The predicted molar refractivity (Wildman–Crippen MR) is 76.0 cm³/mol. The monoisotopic (exact) mass is 350 g/mol. The standard InChI is InChI=1S/C15H14F4O3S/c16-14-8-10(22-15(17,18)19)4-5-13(14)9-6-11-2-1-3-12(7-9)23(11,20)21/h4-6,8,11-12H,1-3,7H2. The number of fused-ring (bicyclic) bond motifs is 2. The molecule has 3 nitrogen and oxygen atoms in total. The van der Waals surface area contributed by atoms with Crippen LogP contribution in [0.2, 0.25) is 0 Å². The van der Waals surface area contributed by atoms with E-state index in [0.29, 0.717) is 24.5 Å². The van der Waals surface area contributed by atoms with E-state index in [9.17, 15) is 26.0 Å². The van der Waals surface area contributed by atoms with E-state index < -0.39 is 38.3 Å². The van der Waals surface area contributed by atoms with Crippen molar-refractivity contribution < 1.29 is 30.7 Å². The van der Waals surface area contributed by atoms with Crippen molar-refractivity contribution in [2.24, 2.45) is 0 Å². The molecule has 2 heterocycles. The Bertz CT molecular complexity index is 752. The Balaban J connectivity index is 1.92. The van der Waals surface area contributed by atoms with E-state index in [-0.39, 0.29) is 12.0 Å². The Labute approximate surface area is 130 Å². The largest absolute Gasteiger partial charge is 0.573 e. The van der Waals surface area contributed by atoms with Crippen molar-refractivity contribution in [3.8, 4) is 5.75 Å². The fourth-order valence-corrected chi connectivity index (χ4v) is 5.46. The van der Waals surface area contributed by atoms with E-state index >= 15 is 0 Å². The summed E-state index contributed by atoms with van der Waals surface area (Å²) >= 11 is 0. The highest BCUT2D eigenvalue weighted by atomic mass is 32.2. The normalized spacial score (nSPS) is 26.5. The fraction of sp³-hybridized carbons (Fsp3) is 0.467. The minimum absolute atomic E-state index is 0.131. The molecule has 23 heavy (non-hydrogen) atoms. The number of alkyl halides is 3. The molecule has 2 aliphatic rings. The molecule has 1 aromatic rings. The maximum atomic E-state index is 14.1. The van der Waals surface area contributed by atoms with Crippen LogP contribution < -0.4 is 4.74 Å². The van der Waals surface area contributed by atoms with E-state index in [1.807, 2.05) is 0 Å². The highest BCUT2D eigenvalue weighted by Crippen LogP contribution is 2.40. The molecule has 2 aliphatic heterocycles. The third kappa shape index (κ3) is 3.22. The lowest BCUT2D eigenvalue weighted by molar-refractivity contribution is -0.274. The molecular formula is C15H14F4O3S. The summed E-state index contributed by atoms with van der Waals surface area (Å²) in [6, 6.07) is 2.91. The highest BCUT2D eigenvalue weighted by molar-refractivity contribution is 7.93. The molecular weight excluding hydrogens is 336 g/mol. The Morgan fingerprint density at radius 3 is 2.52 bits per heavy atom. The number of ether oxygens (including phenoxy) is 1. The molecule has 0 N–H and O–H groups in total. The molecule has 8 heteroatoms. The van der Waals surface area contributed by atoms with Crippen LogP contribution in [0.5, 0.6) is 5.75 Å². The summed E-state index contributed by atoms with van der Waals surface area (Å²) in [6.07, 6.45) is -1.32. The van der Waals surface area contributed by atoms with Crippen LogP contribution in [0, 0.1) is 5.82 Å². The number of rotatable bonds is 2. The second-order valence-electron chi connectivity index (χ2n) is 5.77. The van der Waals surface area contributed by atoms with Crippen molar-refractivity contribution in [2.75, 3.05) is 0 Å². The van der Waals surface area contributed by atoms with Crippen molar-refractivity contribution in [1.82, 2.24) is 0 Å². The van der Waals surface area contributed by atoms with Gasteiger partial charge in [-0.2, -0.15) is 0 Å². The summed E-state index contributed by atoms with van der Waals surface area (Å²) in [5.41, 5.74) is 0.664. The summed E-state index contributed by atoms with van der Waals surface area (Å²) in [5.74, 6) is -1.49. The fourth-order valence-electron chi connectivity index (χ4n) is 3.21. The van der Waals surface area contributed by atoms with E-state index in [4.69, 9.17) is 0 Å². The summed E-state index contributed by atoms with van der Waals surface area (Å²) in [4.78, 5) is 0. The number of hydrogen-bond acceptors (Lipinski definition) is 3. The molecule has 126 valence electrons. The second-order valence-corrected chi connectivity index (χ2v) is 8.22. The lowest BCUT2D eigenvalue weighted by Crippen LogP contribution is -2.38. The SMILES string of the molecule is O=S1(=O)C2C=C(c3ccc(OC(F)(F)F)cc3F)CC1CCC2. The van der Waals surface area contributed by atoms with Crippen molar-refractivity contribution in [3.63, 3.8) is 0 Å². The zero-order chi connectivity index (χ0) is 16.8. The quantitative estimate of drug-likeness (QED) is 0.761. The Kier molecular flexibility index (Phi) is 3.90. The molecule has 0 aliphatic carbocycles. The van der Waals surface area contributed by atoms with Crippen molar-refractivity contribution in [3.05, 3.63) is 35.7 Å². The first kappa shape index (κ1) is 16.3. The van der Waals surface area contributed by atoms with Crippen molar-refractivity contribution >= 4 is 15.4 Å². The second kappa shape index (κ2) is 5.51. The number of halogens is 4. The van der Waals surface area contributed by atoms with E-state index in [1.54, 1.807) is 0 Å². The third-order valence-electron chi connectivity index (χ3n) is 4.26. The first-order valence-electron chi connectivity index (χ1n) is 7.16. The van der Waals surface area contributed by atoms with Gasteiger partial charge in [0.15, 0.2) is 9.84 Å². The molecule has 2 bridgehead atoms. The van der Waals surface area contributed by atoms with Crippen LogP contribution >= 0.6 is 0 Å². The van der Waals surface area contributed by atoms with Gasteiger partial charge in [0, 0.05) is 11.6 Å². The van der Waals surface area contributed by atoms with Crippen LogP contribution in [-0.2, 0) is 9.84 Å². The minimum Gasteiger partial charge on any atom is -0.406 e. The first-order valence-corrected chi connectivity index (χ1v) is 8.77. The average molecular weight is 350 g/mol. The lowest BCUT2D eigenvalue weighted by atomic mass is 9.93. The molecule has 3 rings (SSSR count). The van der Waals surface area contributed by atoms with E-state index in [0.717, 1.165) is 12.5 Å². The van der Waals surface area contributed by atoms with Crippen LogP contribution in [0.4, 0.5) is 17.6 Å². The summed E-state index contributed by atoms with van der Waals surface area (Å²) in [5, 5.41) is -1.16. The predicted octanol–water partition coefficient (Wildman–Crippen LogP) is 3.85. The van der Waals surface area contributed by atoms with Gasteiger partial charge in [-0.05, 0) is 37.0 Å². The van der Waals surface area contributed by atoms with Gasteiger partial charge < -0.3 is 4.74 Å². The molecule has 0 aromatic heterocycles. The van der Waals surface area contributed by atoms with Crippen LogP contribution in [-0.4, -0.2) is 25.3 Å². The number of sulfone groups is 1. The van der Waals surface area contributed by atoms with Crippen molar-refractivity contribution in [1.29, 1.82) is 0 Å². The van der Waals surface area contributed by atoms with Crippen molar-refractivity contribution in [2.45, 2.75) is 42.5 Å². The van der Waals surface area contributed by atoms with Gasteiger partial charge in [-0.3, -0.25) is 0 Å². The highest BCUT2D eigenvalue weighted by Gasteiger charge is 2.41. The van der Waals surface area contributed by atoms with Gasteiger partial charge in [0.05, 0.1) is 10.5 Å². The van der Waals surface area contributed by atoms with Gasteiger partial charge in [-0.25, -0.2) is 12.8 Å². The van der Waals surface area contributed by atoms with Crippen LogP contribution in [0.3, 0.4) is 0 Å². The molecule has 2 unspecified atom stereocenters. The van der Waals surface area contributed by atoms with Gasteiger partial charge in [-0.15, -0.1) is 13.2 Å². The average Bonchev–Trinajstić information content (AvgIpc) is 2.36. The van der Waals surface area contributed by atoms with Gasteiger partial charge >= 0.3 is 6.36 Å². The molecule has 0 spiro atoms. The topological polar surface area (TPSA) is 43.4 Å². The zero-order valence-electron chi connectivity index (χ0n) is 11.9. The summed E-state index contributed by atoms with van der Waals surface area (Å²) < 4.78 is 78.6. The molecule has 1 aromatic carbocycles. The first-order chi connectivity index (χ1) is 10.7. The molecule has 0 radical (unpaired) electrons. The maximum absolute atomic E-state index is 14.1.